The Hall–Kier alpha value is -1.69. The lowest BCUT2D eigenvalue weighted by atomic mass is 10.2. The quantitative estimate of drug-likeness (QED) is 0.780. The predicted molar refractivity (Wildman–Crippen MR) is 67.2 cm³/mol. The third-order valence-electron chi connectivity index (χ3n) is 2.48. The Morgan fingerprint density at radius 1 is 1.61 bits per heavy atom. The summed E-state index contributed by atoms with van der Waals surface area (Å²) in [5, 5.41) is 2.60. The zero-order valence-electron chi connectivity index (χ0n) is 10.9. The van der Waals surface area contributed by atoms with Gasteiger partial charge in [0, 0.05) is 33.4 Å². The molecule has 0 atom stereocenters. The number of halogens is 1. The molecule has 0 aliphatic heterocycles. The molecule has 1 amide bonds. The topological polar surface area (TPSA) is 54.5 Å². The van der Waals surface area contributed by atoms with Crippen molar-refractivity contribution in [2.45, 2.75) is 6.92 Å². The molecule has 0 bridgehead atoms. The van der Waals surface area contributed by atoms with Crippen molar-refractivity contribution in [1.82, 2.24) is 9.88 Å². The number of likely N-dealkylation sites (N-methyl/N-ethyl adjacent to an activating group) is 1. The highest BCUT2D eigenvalue weighted by Gasteiger charge is 2.18. The van der Waals surface area contributed by atoms with Crippen LogP contribution in [0.15, 0.2) is 12.3 Å². The van der Waals surface area contributed by atoms with Crippen LogP contribution >= 0.6 is 0 Å². The van der Waals surface area contributed by atoms with Gasteiger partial charge in [0.1, 0.15) is 0 Å². The third kappa shape index (κ3) is 3.40. The van der Waals surface area contributed by atoms with E-state index in [0.29, 0.717) is 19.8 Å². The molecule has 1 aromatic heterocycles. The number of pyridine rings is 1. The summed E-state index contributed by atoms with van der Waals surface area (Å²) in [6, 6.07) is 1.37. The number of hydrogen-bond acceptors (Lipinski definition) is 4. The van der Waals surface area contributed by atoms with Crippen LogP contribution in [0.2, 0.25) is 0 Å². The molecule has 6 heteroatoms. The molecule has 100 valence electrons. The van der Waals surface area contributed by atoms with Crippen LogP contribution in [0.25, 0.3) is 0 Å². The van der Waals surface area contributed by atoms with E-state index >= 15 is 0 Å². The first-order valence-electron chi connectivity index (χ1n) is 5.77. The van der Waals surface area contributed by atoms with E-state index in [2.05, 4.69) is 10.3 Å². The first-order valence-corrected chi connectivity index (χ1v) is 5.77. The van der Waals surface area contributed by atoms with Crippen molar-refractivity contribution in [2.75, 3.05) is 39.2 Å². The number of rotatable bonds is 6. The van der Waals surface area contributed by atoms with Crippen LogP contribution in [-0.4, -0.2) is 49.6 Å². The number of nitrogens with one attached hydrogen (secondary N) is 1. The van der Waals surface area contributed by atoms with Gasteiger partial charge in [0.05, 0.1) is 12.2 Å². The summed E-state index contributed by atoms with van der Waals surface area (Å²) in [5.41, 5.74) is 0.00773. The summed E-state index contributed by atoms with van der Waals surface area (Å²) in [7, 11) is 3.17. The zero-order chi connectivity index (χ0) is 13.5. The summed E-state index contributed by atoms with van der Waals surface area (Å²) < 4.78 is 19.0. The molecule has 1 rings (SSSR count). The van der Waals surface area contributed by atoms with Gasteiger partial charge in [-0.25, -0.2) is 9.37 Å². The van der Waals surface area contributed by atoms with Gasteiger partial charge in [-0.2, -0.15) is 0 Å². The minimum atomic E-state index is -0.631. The number of aromatic nitrogens is 1. The fraction of sp³-hybridized carbons (Fsp3) is 0.500. The summed E-state index contributed by atoms with van der Waals surface area (Å²) in [5.74, 6) is -0.946. The monoisotopic (exact) mass is 255 g/mol. The van der Waals surface area contributed by atoms with Crippen LogP contribution in [0.1, 0.15) is 17.3 Å². The van der Waals surface area contributed by atoms with Crippen molar-refractivity contribution in [3.63, 3.8) is 0 Å². The van der Waals surface area contributed by atoms with Crippen molar-refractivity contribution in [2.24, 2.45) is 0 Å². The second-order valence-corrected chi connectivity index (χ2v) is 3.69. The van der Waals surface area contributed by atoms with Crippen LogP contribution < -0.4 is 5.32 Å². The molecule has 0 aromatic carbocycles. The Labute approximate surface area is 106 Å². The van der Waals surface area contributed by atoms with Crippen molar-refractivity contribution >= 4 is 11.7 Å². The number of ether oxygens (including phenoxy) is 1. The first kappa shape index (κ1) is 14.4. The van der Waals surface area contributed by atoms with Gasteiger partial charge in [0.2, 0.25) is 0 Å². The molecule has 18 heavy (non-hydrogen) atoms. The highest BCUT2D eigenvalue weighted by Crippen LogP contribution is 2.15. The van der Waals surface area contributed by atoms with Gasteiger partial charge in [-0.1, -0.05) is 0 Å². The SMILES string of the molecule is CCOCCN(C)C(=O)c1ccnc(NC)c1F. The van der Waals surface area contributed by atoms with Crippen LogP contribution in [-0.2, 0) is 4.74 Å². The molecule has 5 nitrogen and oxygen atoms in total. The van der Waals surface area contributed by atoms with Crippen molar-refractivity contribution < 1.29 is 13.9 Å². The Kier molecular flexibility index (Phi) is 5.51. The van der Waals surface area contributed by atoms with Crippen LogP contribution in [0.3, 0.4) is 0 Å². The van der Waals surface area contributed by atoms with E-state index in [1.165, 1.54) is 17.2 Å². The van der Waals surface area contributed by atoms with E-state index in [1.807, 2.05) is 6.92 Å². The van der Waals surface area contributed by atoms with Gasteiger partial charge in [0.25, 0.3) is 5.91 Å². The smallest absolute Gasteiger partial charge is 0.256 e. The molecule has 1 heterocycles. The van der Waals surface area contributed by atoms with Gasteiger partial charge in [-0.15, -0.1) is 0 Å². The number of hydrogen-bond donors (Lipinski definition) is 1. The van der Waals surface area contributed by atoms with Crippen molar-refractivity contribution in [3.8, 4) is 0 Å². The van der Waals surface area contributed by atoms with Gasteiger partial charge < -0.3 is 15.0 Å². The second-order valence-electron chi connectivity index (χ2n) is 3.69. The lowest BCUT2D eigenvalue weighted by Gasteiger charge is -2.17. The highest BCUT2D eigenvalue weighted by atomic mass is 19.1. The fourth-order valence-electron chi connectivity index (χ4n) is 1.44. The number of anilines is 1. The van der Waals surface area contributed by atoms with Gasteiger partial charge >= 0.3 is 0 Å². The molecular weight excluding hydrogens is 237 g/mol. The first-order chi connectivity index (χ1) is 8.61. The Balaban J connectivity index is 2.77. The lowest BCUT2D eigenvalue weighted by molar-refractivity contribution is 0.0705. The largest absolute Gasteiger partial charge is 0.380 e. The van der Waals surface area contributed by atoms with E-state index in [1.54, 1.807) is 14.1 Å². The minimum Gasteiger partial charge on any atom is -0.380 e. The molecule has 1 aromatic rings. The van der Waals surface area contributed by atoms with Crippen LogP contribution in [0, 0.1) is 5.82 Å². The average Bonchev–Trinajstić information content (AvgIpc) is 2.38. The molecule has 0 radical (unpaired) electrons. The average molecular weight is 255 g/mol. The number of carbonyl (C=O) groups excluding carboxylic acids is 1. The Morgan fingerprint density at radius 2 is 2.33 bits per heavy atom. The maximum absolute atomic E-state index is 13.9. The maximum Gasteiger partial charge on any atom is 0.256 e. The molecular formula is C12H18FN3O2. The third-order valence-corrected chi connectivity index (χ3v) is 2.48. The molecule has 0 aliphatic carbocycles. The summed E-state index contributed by atoms with van der Waals surface area (Å²) >= 11 is 0. The van der Waals surface area contributed by atoms with Crippen molar-refractivity contribution in [1.29, 1.82) is 0 Å². The van der Waals surface area contributed by atoms with Crippen LogP contribution in [0.4, 0.5) is 10.2 Å². The van der Waals surface area contributed by atoms with Crippen molar-refractivity contribution in [3.05, 3.63) is 23.6 Å². The second kappa shape index (κ2) is 6.90. The Bertz CT molecular complexity index is 412. The molecule has 0 fully saturated rings. The summed E-state index contributed by atoms with van der Waals surface area (Å²) in [6.07, 6.45) is 1.40. The van der Waals surface area contributed by atoms with E-state index in [9.17, 15) is 9.18 Å². The number of nitrogens with zero attached hydrogens (tertiary/aromatic N) is 2. The number of amides is 1. The molecule has 0 saturated carbocycles. The van der Waals surface area contributed by atoms with Gasteiger partial charge in [-0.05, 0) is 13.0 Å². The standard InChI is InChI=1S/C12H18FN3O2/c1-4-18-8-7-16(3)12(17)9-5-6-15-11(14-2)10(9)13/h5-6H,4,7-8H2,1-3H3,(H,14,15). The number of carbonyl (C=O) groups is 1. The summed E-state index contributed by atoms with van der Waals surface area (Å²) in [4.78, 5) is 17.2. The minimum absolute atomic E-state index is 0.00773. The molecule has 0 spiro atoms. The van der Waals surface area contributed by atoms with Gasteiger partial charge in [0.15, 0.2) is 11.6 Å². The lowest BCUT2D eigenvalue weighted by Crippen LogP contribution is -2.31. The van der Waals surface area contributed by atoms with E-state index in [0.717, 1.165) is 0 Å². The maximum atomic E-state index is 13.9. The van der Waals surface area contributed by atoms with Gasteiger partial charge in [-0.3, -0.25) is 4.79 Å². The molecule has 0 aliphatic rings. The van der Waals surface area contributed by atoms with Crippen LogP contribution in [0.5, 0.6) is 0 Å². The van der Waals surface area contributed by atoms with E-state index < -0.39 is 5.82 Å². The normalized spacial score (nSPS) is 10.2. The molecule has 0 unspecified atom stereocenters. The zero-order valence-corrected chi connectivity index (χ0v) is 10.9. The predicted octanol–water partition coefficient (Wildman–Crippen LogP) is 1.37. The van der Waals surface area contributed by atoms with E-state index in [-0.39, 0.29) is 17.3 Å². The highest BCUT2D eigenvalue weighted by molar-refractivity contribution is 5.95. The van der Waals surface area contributed by atoms with E-state index in [4.69, 9.17) is 4.74 Å². The fourth-order valence-corrected chi connectivity index (χ4v) is 1.44. The molecule has 0 saturated heterocycles. The molecule has 1 N–H and O–H groups in total. The Morgan fingerprint density at radius 3 is 2.94 bits per heavy atom. The summed E-state index contributed by atoms with van der Waals surface area (Å²) in [6.45, 7) is 3.33.